The molecule has 2 amide bonds. The number of ether oxygens (including phenoxy) is 1. The van der Waals surface area contributed by atoms with Gasteiger partial charge >= 0.3 is 12.4 Å². The third-order valence-electron chi connectivity index (χ3n) is 7.90. The van der Waals surface area contributed by atoms with Gasteiger partial charge in [0.15, 0.2) is 0 Å². The van der Waals surface area contributed by atoms with E-state index < -0.39 is 46.4 Å². The highest BCUT2D eigenvalue weighted by Crippen LogP contribution is 2.44. The van der Waals surface area contributed by atoms with Crippen LogP contribution in [-0.4, -0.2) is 55.6 Å². The Labute approximate surface area is 228 Å². The van der Waals surface area contributed by atoms with Gasteiger partial charge in [0.2, 0.25) is 11.8 Å². The van der Waals surface area contributed by atoms with Crippen molar-refractivity contribution < 1.29 is 40.7 Å². The second-order valence-electron chi connectivity index (χ2n) is 10.7. The number of nitrogens with zero attached hydrogens (tertiary/aromatic N) is 2. The predicted molar refractivity (Wildman–Crippen MR) is 137 cm³/mol. The van der Waals surface area contributed by atoms with Crippen molar-refractivity contribution in [1.82, 2.24) is 4.90 Å². The van der Waals surface area contributed by atoms with E-state index in [0.717, 1.165) is 11.1 Å². The number of carbonyl (C=O) groups excluding carboxylic acids is 2. The molecule has 2 aromatic rings. The first-order chi connectivity index (χ1) is 18.5. The number of benzene rings is 2. The van der Waals surface area contributed by atoms with Gasteiger partial charge in [0.1, 0.15) is 0 Å². The summed E-state index contributed by atoms with van der Waals surface area (Å²) < 4.78 is 86.4. The third kappa shape index (κ3) is 5.69. The van der Waals surface area contributed by atoms with Gasteiger partial charge in [0.25, 0.3) is 0 Å². The van der Waals surface area contributed by atoms with Crippen LogP contribution >= 0.6 is 0 Å². The fourth-order valence-electron chi connectivity index (χ4n) is 5.56. The van der Waals surface area contributed by atoms with Gasteiger partial charge in [-0.05, 0) is 50.1 Å². The Hall–Kier alpha value is -3.12. The van der Waals surface area contributed by atoms with Crippen LogP contribution in [-0.2, 0) is 26.7 Å². The van der Waals surface area contributed by atoms with Crippen molar-refractivity contribution in [1.29, 1.82) is 0 Å². The van der Waals surface area contributed by atoms with E-state index in [-0.39, 0.29) is 31.1 Å². The molecule has 6 nitrogen and oxygen atoms in total. The van der Waals surface area contributed by atoms with E-state index in [1.807, 2.05) is 43.9 Å². The minimum absolute atomic E-state index is 0.00521. The molecule has 2 aromatic carbocycles. The van der Waals surface area contributed by atoms with Gasteiger partial charge in [-0.1, -0.05) is 25.1 Å². The largest absolute Gasteiger partial charge is 0.416 e. The normalized spacial score (nSPS) is 24.4. The van der Waals surface area contributed by atoms with Crippen LogP contribution in [0.25, 0.3) is 0 Å². The molecule has 4 rings (SSSR count). The SMILES string of the molecule is Cc1cccc(C)c1N1C[C@@](CN2CCOCC2C)(C(=O)Nc2cc(C(F)(F)F)cc(C(F)(F)F)c2)C(C)C1=O. The smallest absolute Gasteiger partial charge is 0.379 e. The number of hydrogen-bond acceptors (Lipinski definition) is 4. The molecule has 3 atom stereocenters. The molecule has 0 radical (unpaired) electrons. The van der Waals surface area contributed by atoms with Crippen LogP contribution in [0.2, 0.25) is 0 Å². The molecule has 2 fully saturated rings. The number of halogens is 6. The summed E-state index contributed by atoms with van der Waals surface area (Å²) in [4.78, 5) is 31.2. The summed E-state index contributed by atoms with van der Waals surface area (Å²) in [5.74, 6) is -2.10. The van der Waals surface area contributed by atoms with Crippen LogP contribution in [0.1, 0.15) is 36.1 Å². The third-order valence-corrected chi connectivity index (χ3v) is 7.90. The highest BCUT2D eigenvalue weighted by Gasteiger charge is 2.56. The summed E-state index contributed by atoms with van der Waals surface area (Å²) in [6.07, 6.45) is -10.1. The first-order valence-corrected chi connectivity index (χ1v) is 12.8. The van der Waals surface area contributed by atoms with E-state index in [0.29, 0.717) is 37.6 Å². The molecule has 1 N–H and O–H groups in total. The fraction of sp³-hybridized carbons (Fsp3) is 0.500. The van der Waals surface area contributed by atoms with Gasteiger partial charge in [-0.3, -0.25) is 14.5 Å². The average molecular weight is 572 g/mol. The minimum Gasteiger partial charge on any atom is -0.379 e. The number of amides is 2. The van der Waals surface area contributed by atoms with E-state index in [9.17, 15) is 35.9 Å². The first-order valence-electron chi connectivity index (χ1n) is 12.8. The van der Waals surface area contributed by atoms with Gasteiger partial charge < -0.3 is 15.0 Å². The lowest BCUT2D eigenvalue weighted by Crippen LogP contribution is -2.55. The van der Waals surface area contributed by atoms with Crippen molar-refractivity contribution in [3.05, 3.63) is 58.7 Å². The van der Waals surface area contributed by atoms with Crippen LogP contribution in [0.4, 0.5) is 37.7 Å². The summed E-state index contributed by atoms with van der Waals surface area (Å²) in [6.45, 7) is 8.28. The van der Waals surface area contributed by atoms with Gasteiger partial charge in [-0.15, -0.1) is 0 Å². The Morgan fingerprint density at radius 1 is 1.02 bits per heavy atom. The number of hydrogen-bond donors (Lipinski definition) is 1. The van der Waals surface area contributed by atoms with Crippen molar-refractivity contribution in [2.75, 3.05) is 43.1 Å². The molecule has 0 bridgehead atoms. The van der Waals surface area contributed by atoms with Crippen LogP contribution in [0.3, 0.4) is 0 Å². The Morgan fingerprint density at radius 2 is 1.60 bits per heavy atom. The quantitative estimate of drug-likeness (QED) is 0.470. The number of rotatable bonds is 5. The lowest BCUT2D eigenvalue weighted by atomic mass is 9.76. The first kappa shape index (κ1) is 29.9. The lowest BCUT2D eigenvalue weighted by molar-refractivity contribution is -0.143. The van der Waals surface area contributed by atoms with Gasteiger partial charge in [-0.25, -0.2) is 0 Å². The molecule has 2 aliphatic rings. The summed E-state index contributed by atoms with van der Waals surface area (Å²) >= 11 is 0. The Kier molecular flexibility index (Phi) is 7.98. The number of alkyl halides is 6. The van der Waals surface area contributed by atoms with E-state index in [4.69, 9.17) is 4.74 Å². The molecule has 40 heavy (non-hydrogen) atoms. The summed E-state index contributed by atoms with van der Waals surface area (Å²) in [7, 11) is 0. The molecule has 2 heterocycles. The van der Waals surface area contributed by atoms with Crippen LogP contribution in [0, 0.1) is 25.2 Å². The highest BCUT2D eigenvalue weighted by molar-refractivity contribution is 6.08. The van der Waals surface area contributed by atoms with Crippen molar-refractivity contribution in [3.63, 3.8) is 0 Å². The zero-order valence-electron chi connectivity index (χ0n) is 22.5. The van der Waals surface area contributed by atoms with Gasteiger partial charge in [-0.2, -0.15) is 26.3 Å². The highest BCUT2D eigenvalue weighted by atomic mass is 19.4. The Balaban J connectivity index is 1.78. The number of aryl methyl sites for hydroxylation is 2. The maximum atomic E-state index is 14.0. The molecule has 0 aromatic heterocycles. The molecule has 0 aliphatic carbocycles. The Bertz CT molecular complexity index is 1240. The van der Waals surface area contributed by atoms with E-state index >= 15 is 0 Å². The van der Waals surface area contributed by atoms with Crippen LogP contribution in [0.5, 0.6) is 0 Å². The minimum atomic E-state index is -5.07. The lowest BCUT2D eigenvalue weighted by Gasteiger charge is -2.41. The van der Waals surface area contributed by atoms with E-state index in [2.05, 4.69) is 5.32 Å². The summed E-state index contributed by atoms with van der Waals surface area (Å²) in [6, 6.07) is 6.31. The maximum absolute atomic E-state index is 14.0. The zero-order chi connectivity index (χ0) is 29.6. The Morgan fingerprint density at radius 3 is 2.12 bits per heavy atom. The molecule has 218 valence electrons. The van der Waals surface area contributed by atoms with E-state index in [1.165, 1.54) is 4.90 Å². The number of morpholine rings is 1. The standard InChI is InChI=1S/C28H31F6N3O3/c1-16-6-5-7-17(2)23(16)37-15-26(19(4)24(37)38,14-36-8-9-40-13-18(36)3)25(39)35-22-11-20(27(29,30)31)10-21(12-22)28(32,33)34/h5-7,10-12,18-19H,8-9,13-15H2,1-4H3,(H,35,39)/t18?,19?,26-/m1/s1. The number of para-hydroxylation sites is 1. The molecular formula is C28H31F6N3O3. The summed E-state index contributed by atoms with van der Waals surface area (Å²) in [5, 5.41) is 2.33. The van der Waals surface area contributed by atoms with Crippen LogP contribution < -0.4 is 10.2 Å². The van der Waals surface area contributed by atoms with Crippen molar-refractivity contribution in [2.24, 2.45) is 11.3 Å². The molecule has 0 spiro atoms. The number of anilines is 2. The van der Waals surface area contributed by atoms with Crippen molar-refractivity contribution >= 4 is 23.2 Å². The molecule has 2 saturated heterocycles. The van der Waals surface area contributed by atoms with Gasteiger partial charge in [0, 0.05) is 37.1 Å². The molecule has 2 aliphatic heterocycles. The second-order valence-corrected chi connectivity index (χ2v) is 10.7. The monoisotopic (exact) mass is 571 g/mol. The number of nitrogens with one attached hydrogen (secondary N) is 1. The molecular weight excluding hydrogens is 540 g/mol. The second kappa shape index (κ2) is 10.7. The molecule has 12 heteroatoms. The fourth-order valence-corrected chi connectivity index (χ4v) is 5.56. The predicted octanol–water partition coefficient (Wildman–Crippen LogP) is 5.67. The molecule has 2 unspecified atom stereocenters. The van der Waals surface area contributed by atoms with Crippen molar-refractivity contribution in [2.45, 2.75) is 46.1 Å². The number of carbonyl (C=O) groups is 2. The van der Waals surface area contributed by atoms with Gasteiger partial charge in [0.05, 0.1) is 35.7 Å². The topological polar surface area (TPSA) is 61.9 Å². The maximum Gasteiger partial charge on any atom is 0.416 e. The summed E-state index contributed by atoms with van der Waals surface area (Å²) in [5.41, 5.74) is -2.99. The van der Waals surface area contributed by atoms with Crippen LogP contribution in [0.15, 0.2) is 36.4 Å². The van der Waals surface area contributed by atoms with Crippen molar-refractivity contribution in [3.8, 4) is 0 Å². The van der Waals surface area contributed by atoms with E-state index in [1.54, 1.807) is 6.92 Å². The zero-order valence-corrected chi connectivity index (χ0v) is 22.5. The average Bonchev–Trinajstić information content (AvgIpc) is 3.10. The molecule has 0 saturated carbocycles.